The number of esters is 2. The van der Waals surface area contributed by atoms with Crippen LogP contribution in [0.5, 0.6) is 0 Å². The van der Waals surface area contributed by atoms with Gasteiger partial charge >= 0.3 is 11.9 Å². The topological polar surface area (TPSA) is 89.9 Å². The second-order valence-electron chi connectivity index (χ2n) is 8.92. The fourth-order valence-electron chi connectivity index (χ4n) is 4.25. The number of carbonyl (C=O) groups excluding carboxylic acids is 3. The zero-order valence-corrected chi connectivity index (χ0v) is 19.1. The minimum Gasteiger partial charge on any atom is -0.458 e. The summed E-state index contributed by atoms with van der Waals surface area (Å²) >= 11 is 0. The van der Waals surface area contributed by atoms with Gasteiger partial charge in [0, 0.05) is 12.0 Å². The number of aliphatic hydroxyl groups is 1. The molecule has 0 aromatic heterocycles. The van der Waals surface area contributed by atoms with Crippen molar-refractivity contribution in [3.8, 4) is 11.1 Å². The third-order valence-electron chi connectivity index (χ3n) is 6.16. The van der Waals surface area contributed by atoms with Crippen LogP contribution in [0.2, 0.25) is 0 Å². The number of fused-ring (bicyclic) bond motifs is 1. The Labute approximate surface area is 198 Å². The molecular weight excluding hydrogens is 432 g/mol. The van der Waals surface area contributed by atoms with Crippen molar-refractivity contribution in [1.82, 2.24) is 0 Å². The van der Waals surface area contributed by atoms with Gasteiger partial charge < -0.3 is 14.6 Å². The summed E-state index contributed by atoms with van der Waals surface area (Å²) in [7, 11) is 0. The first-order valence-electron chi connectivity index (χ1n) is 11.1. The van der Waals surface area contributed by atoms with Crippen LogP contribution in [0.15, 0.2) is 90.6 Å². The van der Waals surface area contributed by atoms with Gasteiger partial charge in [-0.3, -0.25) is 4.79 Å². The first-order chi connectivity index (χ1) is 16.1. The maximum Gasteiger partial charge on any atom is 0.338 e. The number of allylic oxidation sites excluding steroid dienone is 2. The smallest absolute Gasteiger partial charge is 0.338 e. The highest BCUT2D eigenvalue weighted by atomic mass is 16.6. The van der Waals surface area contributed by atoms with Crippen LogP contribution in [-0.4, -0.2) is 40.6 Å². The molecule has 174 valence electrons. The Balaban J connectivity index is 1.63. The molecule has 1 fully saturated rings. The van der Waals surface area contributed by atoms with Gasteiger partial charge in [0.05, 0.1) is 17.1 Å². The highest BCUT2D eigenvalue weighted by molar-refractivity contribution is 6.03. The molecule has 0 unspecified atom stereocenters. The fraction of sp³-hybridized carbons (Fsp3) is 0.250. The van der Waals surface area contributed by atoms with Gasteiger partial charge in [-0.25, -0.2) is 9.59 Å². The number of ether oxygens (including phenoxy) is 2. The van der Waals surface area contributed by atoms with Gasteiger partial charge in [-0.05, 0) is 60.9 Å². The van der Waals surface area contributed by atoms with Gasteiger partial charge in [-0.2, -0.15) is 0 Å². The Bertz CT molecular complexity index is 1190. The predicted octanol–water partition coefficient (Wildman–Crippen LogP) is 4.20. The quantitative estimate of drug-likeness (QED) is 0.548. The standard InChI is InChI=1S/C28H26O6/c1-17-15-23-25(18(2)26(30)33-23)24(16-28(3,32)14-13-22(17)29)34-27(31)21-11-9-20(10-12-21)19-7-5-4-6-8-19/h4-15,23-25,32H,2,16H2,1,3H3/b14-13+,17-15-/t23-,24-,25+,28+/m1/s1. The first kappa shape index (κ1) is 23.4. The first-order valence-corrected chi connectivity index (χ1v) is 11.1. The summed E-state index contributed by atoms with van der Waals surface area (Å²) in [5, 5.41) is 10.9. The molecule has 6 heteroatoms. The van der Waals surface area contributed by atoms with Crippen LogP contribution in [0.25, 0.3) is 11.1 Å². The summed E-state index contributed by atoms with van der Waals surface area (Å²) in [6.07, 6.45) is 2.41. The zero-order valence-electron chi connectivity index (χ0n) is 19.1. The van der Waals surface area contributed by atoms with Crippen molar-refractivity contribution in [3.63, 3.8) is 0 Å². The molecule has 2 aromatic rings. The predicted molar refractivity (Wildman–Crippen MR) is 127 cm³/mol. The van der Waals surface area contributed by atoms with Crippen molar-refractivity contribution in [2.45, 2.75) is 38.1 Å². The molecule has 2 aliphatic rings. The van der Waals surface area contributed by atoms with Crippen LogP contribution in [0.4, 0.5) is 0 Å². The molecule has 4 rings (SSSR count). The number of hydrogen-bond acceptors (Lipinski definition) is 6. The highest BCUT2D eigenvalue weighted by Gasteiger charge is 2.46. The summed E-state index contributed by atoms with van der Waals surface area (Å²) in [4.78, 5) is 37.7. The lowest BCUT2D eigenvalue weighted by Crippen LogP contribution is -2.39. The van der Waals surface area contributed by atoms with Gasteiger partial charge in [-0.15, -0.1) is 0 Å². The van der Waals surface area contributed by atoms with E-state index in [9.17, 15) is 19.5 Å². The van der Waals surface area contributed by atoms with E-state index in [0.717, 1.165) is 11.1 Å². The van der Waals surface area contributed by atoms with Crippen molar-refractivity contribution in [2.24, 2.45) is 5.92 Å². The average Bonchev–Trinajstić information content (AvgIpc) is 3.09. The van der Waals surface area contributed by atoms with E-state index in [1.54, 1.807) is 25.1 Å². The molecule has 1 heterocycles. The molecule has 4 atom stereocenters. The largest absolute Gasteiger partial charge is 0.458 e. The number of carbonyl (C=O) groups is 3. The van der Waals surface area contributed by atoms with Crippen LogP contribution in [-0.2, 0) is 19.1 Å². The normalized spacial score (nSPS) is 29.4. The Kier molecular flexibility index (Phi) is 6.35. The van der Waals surface area contributed by atoms with E-state index < -0.39 is 35.7 Å². The number of ketones is 1. The summed E-state index contributed by atoms with van der Waals surface area (Å²) in [6, 6.07) is 16.8. The summed E-state index contributed by atoms with van der Waals surface area (Å²) < 4.78 is 11.3. The van der Waals surface area contributed by atoms with Crippen LogP contribution in [0, 0.1) is 5.92 Å². The molecule has 34 heavy (non-hydrogen) atoms. The number of benzene rings is 2. The molecular formula is C28H26O6. The van der Waals surface area contributed by atoms with E-state index >= 15 is 0 Å². The van der Waals surface area contributed by atoms with E-state index in [-0.39, 0.29) is 17.8 Å². The number of rotatable bonds is 3. The molecule has 2 aromatic carbocycles. The Morgan fingerprint density at radius 1 is 1.09 bits per heavy atom. The van der Waals surface area contributed by atoms with Crippen LogP contribution < -0.4 is 0 Å². The SMILES string of the molecule is C=C1C(=O)O[C@@H]2/C=C(/C)C(=O)/C=C/[C@](C)(O)C[C@@H](OC(=O)c3ccc(-c4ccccc4)cc3)[C@@H]12. The van der Waals surface area contributed by atoms with E-state index in [2.05, 4.69) is 6.58 Å². The van der Waals surface area contributed by atoms with Crippen molar-refractivity contribution < 1.29 is 29.0 Å². The van der Waals surface area contributed by atoms with E-state index in [0.29, 0.717) is 11.1 Å². The van der Waals surface area contributed by atoms with Crippen LogP contribution in [0.3, 0.4) is 0 Å². The second-order valence-corrected chi connectivity index (χ2v) is 8.92. The van der Waals surface area contributed by atoms with E-state index in [4.69, 9.17) is 9.47 Å². The highest BCUT2D eigenvalue weighted by Crippen LogP contribution is 2.37. The summed E-state index contributed by atoms with van der Waals surface area (Å²) in [6.45, 7) is 6.95. The molecule has 0 amide bonds. The summed E-state index contributed by atoms with van der Waals surface area (Å²) in [5.41, 5.74) is 1.34. The lowest BCUT2D eigenvalue weighted by molar-refractivity contribution is -0.137. The lowest BCUT2D eigenvalue weighted by atomic mass is 9.82. The molecule has 1 aliphatic heterocycles. The van der Waals surface area contributed by atoms with Gasteiger partial charge in [0.2, 0.25) is 0 Å². The molecule has 0 spiro atoms. The minimum atomic E-state index is -1.47. The van der Waals surface area contributed by atoms with Crippen LogP contribution >= 0.6 is 0 Å². The van der Waals surface area contributed by atoms with Crippen LogP contribution in [0.1, 0.15) is 30.6 Å². The summed E-state index contributed by atoms with van der Waals surface area (Å²) in [5.74, 6) is -2.25. The fourth-order valence-corrected chi connectivity index (χ4v) is 4.25. The van der Waals surface area contributed by atoms with Gasteiger partial charge in [0.15, 0.2) is 5.78 Å². The lowest BCUT2D eigenvalue weighted by Gasteiger charge is -2.31. The van der Waals surface area contributed by atoms with Crippen molar-refractivity contribution >= 4 is 17.7 Å². The second kappa shape index (κ2) is 9.23. The molecule has 1 N–H and O–H groups in total. The third kappa shape index (κ3) is 4.92. The molecule has 0 radical (unpaired) electrons. The molecule has 1 saturated heterocycles. The Hall–Kier alpha value is -3.77. The Morgan fingerprint density at radius 3 is 2.41 bits per heavy atom. The van der Waals surface area contributed by atoms with Crippen molar-refractivity contribution in [3.05, 3.63) is 96.1 Å². The Morgan fingerprint density at radius 2 is 1.74 bits per heavy atom. The van der Waals surface area contributed by atoms with Gasteiger partial charge in [0.25, 0.3) is 0 Å². The van der Waals surface area contributed by atoms with E-state index in [1.165, 1.54) is 19.1 Å². The van der Waals surface area contributed by atoms with Gasteiger partial charge in [0.1, 0.15) is 12.2 Å². The monoisotopic (exact) mass is 458 g/mol. The van der Waals surface area contributed by atoms with E-state index in [1.807, 2.05) is 42.5 Å². The average molecular weight is 459 g/mol. The van der Waals surface area contributed by atoms with Crippen molar-refractivity contribution in [2.75, 3.05) is 0 Å². The zero-order chi connectivity index (χ0) is 24.5. The molecule has 6 nitrogen and oxygen atoms in total. The molecule has 0 saturated carbocycles. The third-order valence-corrected chi connectivity index (χ3v) is 6.16. The van der Waals surface area contributed by atoms with Gasteiger partial charge in [-0.1, -0.05) is 49.0 Å². The maximum absolute atomic E-state index is 13.1. The molecule has 1 aliphatic carbocycles. The number of hydrogen-bond donors (Lipinski definition) is 1. The minimum absolute atomic E-state index is 0.0473. The maximum atomic E-state index is 13.1. The molecule has 0 bridgehead atoms. The van der Waals surface area contributed by atoms with Crippen molar-refractivity contribution in [1.29, 1.82) is 0 Å².